The molecule has 3 rings (SSSR count). The topological polar surface area (TPSA) is 29.3 Å². The normalized spacial score (nSPS) is 14.1. The van der Waals surface area contributed by atoms with Gasteiger partial charge in [0, 0.05) is 25.3 Å². The fourth-order valence-corrected chi connectivity index (χ4v) is 3.24. The van der Waals surface area contributed by atoms with E-state index in [0.29, 0.717) is 6.54 Å². The average Bonchev–Trinajstić information content (AvgIpc) is 2.49. The Labute approximate surface area is 127 Å². The van der Waals surface area contributed by atoms with E-state index in [2.05, 4.69) is 55.1 Å². The number of fused-ring (bicyclic) bond motifs is 1. The summed E-state index contributed by atoms with van der Waals surface area (Å²) >= 11 is 0. The van der Waals surface area contributed by atoms with Crippen LogP contribution in [0.4, 0.5) is 5.69 Å². The van der Waals surface area contributed by atoms with Crippen LogP contribution in [0.25, 0.3) is 0 Å². The smallest absolute Gasteiger partial charge is 0.0432 e. The molecule has 2 N–H and O–H groups in total. The van der Waals surface area contributed by atoms with Crippen molar-refractivity contribution in [1.82, 2.24) is 0 Å². The van der Waals surface area contributed by atoms with Crippen molar-refractivity contribution in [2.45, 2.75) is 39.8 Å². The predicted molar refractivity (Wildman–Crippen MR) is 89.6 cm³/mol. The number of anilines is 1. The summed E-state index contributed by atoms with van der Waals surface area (Å²) in [7, 11) is 0. The van der Waals surface area contributed by atoms with Crippen molar-refractivity contribution >= 4 is 5.69 Å². The first kappa shape index (κ1) is 14.2. The summed E-state index contributed by atoms with van der Waals surface area (Å²) in [4.78, 5) is 2.52. The maximum Gasteiger partial charge on any atom is 0.0432 e. The number of benzene rings is 2. The molecule has 0 spiro atoms. The van der Waals surface area contributed by atoms with Crippen molar-refractivity contribution in [2.75, 3.05) is 11.4 Å². The van der Waals surface area contributed by atoms with Gasteiger partial charge < -0.3 is 10.6 Å². The Balaban J connectivity index is 1.87. The first-order valence-electron chi connectivity index (χ1n) is 7.80. The molecule has 0 atom stereocenters. The van der Waals surface area contributed by atoms with Crippen LogP contribution in [-0.4, -0.2) is 6.54 Å². The summed E-state index contributed by atoms with van der Waals surface area (Å²) in [6, 6.07) is 13.5. The summed E-state index contributed by atoms with van der Waals surface area (Å²) in [6.07, 6.45) is 2.45. The summed E-state index contributed by atoms with van der Waals surface area (Å²) in [5.41, 5.74) is 14.0. The summed E-state index contributed by atoms with van der Waals surface area (Å²) in [6.45, 7) is 7.12. The molecule has 2 aromatic rings. The highest BCUT2D eigenvalue weighted by molar-refractivity contribution is 5.57. The fraction of sp³-hybridized carbons (Fsp3) is 0.368. The van der Waals surface area contributed by atoms with Gasteiger partial charge in [0.1, 0.15) is 0 Å². The SMILES string of the molecule is Cc1ccc2c(c1)CCCN2Cc1ccc(CN)cc1C. The highest BCUT2D eigenvalue weighted by atomic mass is 15.1. The lowest BCUT2D eigenvalue weighted by Gasteiger charge is -2.32. The molecule has 110 valence electrons. The van der Waals surface area contributed by atoms with Crippen LogP contribution in [0.3, 0.4) is 0 Å². The number of aryl methyl sites for hydroxylation is 3. The minimum Gasteiger partial charge on any atom is -0.367 e. The van der Waals surface area contributed by atoms with E-state index < -0.39 is 0 Å². The molecular formula is C19H24N2. The van der Waals surface area contributed by atoms with Crippen LogP contribution in [0.1, 0.15) is 34.2 Å². The van der Waals surface area contributed by atoms with Crippen LogP contribution in [0.15, 0.2) is 36.4 Å². The molecule has 2 heteroatoms. The Kier molecular flexibility index (Phi) is 3.98. The van der Waals surface area contributed by atoms with Gasteiger partial charge in [-0.1, -0.05) is 35.9 Å². The molecule has 0 saturated carbocycles. The summed E-state index contributed by atoms with van der Waals surface area (Å²) in [5.74, 6) is 0. The second-order valence-corrected chi connectivity index (χ2v) is 6.12. The van der Waals surface area contributed by atoms with Gasteiger partial charge in [-0.3, -0.25) is 0 Å². The number of hydrogen-bond donors (Lipinski definition) is 1. The average molecular weight is 280 g/mol. The quantitative estimate of drug-likeness (QED) is 0.928. The zero-order valence-electron chi connectivity index (χ0n) is 13.0. The Morgan fingerprint density at radius 2 is 1.95 bits per heavy atom. The Morgan fingerprint density at radius 1 is 1.10 bits per heavy atom. The number of rotatable bonds is 3. The van der Waals surface area contributed by atoms with Crippen molar-refractivity contribution in [2.24, 2.45) is 5.73 Å². The van der Waals surface area contributed by atoms with Gasteiger partial charge in [-0.15, -0.1) is 0 Å². The van der Waals surface area contributed by atoms with Crippen LogP contribution in [0, 0.1) is 13.8 Å². The second kappa shape index (κ2) is 5.90. The van der Waals surface area contributed by atoms with Gasteiger partial charge in [0.05, 0.1) is 0 Å². The van der Waals surface area contributed by atoms with Gasteiger partial charge in [0.2, 0.25) is 0 Å². The Morgan fingerprint density at radius 3 is 2.71 bits per heavy atom. The third kappa shape index (κ3) is 2.96. The van der Waals surface area contributed by atoms with Gasteiger partial charge >= 0.3 is 0 Å². The molecule has 2 aromatic carbocycles. The van der Waals surface area contributed by atoms with E-state index in [1.165, 1.54) is 46.3 Å². The van der Waals surface area contributed by atoms with E-state index in [1.807, 2.05) is 0 Å². The van der Waals surface area contributed by atoms with Crippen LogP contribution < -0.4 is 10.6 Å². The molecule has 0 saturated heterocycles. The van der Waals surface area contributed by atoms with Crippen molar-refractivity contribution in [1.29, 1.82) is 0 Å². The second-order valence-electron chi connectivity index (χ2n) is 6.12. The maximum atomic E-state index is 5.72. The molecule has 0 radical (unpaired) electrons. The lowest BCUT2D eigenvalue weighted by atomic mass is 9.98. The van der Waals surface area contributed by atoms with E-state index in [9.17, 15) is 0 Å². The third-order valence-electron chi connectivity index (χ3n) is 4.45. The molecule has 0 bridgehead atoms. The van der Waals surface area contributed by atoms with E-state index in [4.69, 9.17) is 5.73 Å². The van der Waals surface area contributed by atoms with E-state index >= 15 is 0 Å². The van der Waals surface area contributed by atoms with Gasteiger partial charge in [0.15, 0.2) is 0 Å². The summed E-state index contributed by atoms with van der Waals surface area (Å²) < 4.78 is 0. The lowest BCUT2D eigenvalue weighted by molar-refractivity contribution is 0.689. The molecule has 0 fully saturated rings. The zero-order chi connectivity index (χ0) is 14.8. The minimum absolute atomic E-state index is 0.618. The highest BCUT2D eigenvalue weighted by Crippen LogP contribution is 2.29. The van der Waals surface area contributed by atoms with E-state index in [-0.39, 0.29) is 0 Å². The van der Waals surface area contributed by atoms with Gasteiger partial charge in [0.25, 0.3) is 0 Å². The van der Waals surface area contributed by atoms with Crippen LogP contribution in [0.5, 0.6) is 0 Å². The first-order chi connectivity index (χ1) is 10.2. The Bertz CT molecular complexity index is 646. The van der Waals surface area contributed by atoms with Crippen LogP contribution in [-0.2, 0) is 19.5 Å². The van der Waals surface area contributed by atoms with E-state index in [1.54, 1.807) is 0 Å². The van der Waals surface area contributed by atoms with Gasteiger partial charge in [-0.05, 0) is 55.0 Å². The summed E-state index contributed by atoms with van der Waals surface area (Å²) in [5, 5.41) is 0. The molecular weight excluding hydrogens is 256 g/mol. The van der Waals surface area contributed by atoms with Crippen molar-refractivity contribution in [3.63, 3.8) is 0 Å². The van der Waals surface area contributed by atoms with Crippen LogP contribution in [0.2, 0.25) is 0 Å². The van der Waals surface area contributed by atoms with E-state index in [0.717, 1.165) is 13.1 Å². The van der Waals surface area contributed by atoms with Gasteiger partial charge in [-0.2, -0.15) is 0 Å². The molecule has 0 unspecified atom stereocenters. The van der Waals surface area contributed by atoms with Crippen molar-refractivity contribution in [3.8, 4) is 0 Å². The minimum atomic E-state index is 0.618. The monoisotopic (exact) mass is 280 g/mol. The third-order valence-corrected chi connectivity index (χ3v) is 4.45. The molecule has 1 heterocycles. The molecule has 2 nitrogen and oxygen atoms in total. The standard InChI is InChI=1S/C19H24N2/c1-14-5-8-19-17(10-14)4-3-9-21(19)13-18-7-6-16(12-20)11-15(18)2/h5-8,10-11H,3-4,9,12-13,20H2,1-2H3. The molecule has 0 aromatic heterocycles. The predicted octanol–water partition coefficient (Wildman–Crippen LogP) is 3.71. The largest absolute Gasteiger partial charge is 0.367 e. The first-order valence-corrected chi connectivity index (χ1v) is 7.80. The zero-order valence-corrected chi connectivity index (χ0v) is 13.0. The maximum absolute atomic E-state index is 5.72. The Hall–Kier alpha value is -1.80. The number of nitrogens with two attached hydrogens (primary N) is 1. The van der Waals surface area contributed by atoms with Gasteiger partial charge in [-0.25, -0.2) is 0 Å². The molecule has 1 aliphatic rings. The lowest BCUT2D eigenvalue weighted by Crippen LogP contribution is -2.29. The molecule has 21 heavy (non-hydrogen) atoms. The molecule has 0 aliphatic carbocycles. The van der Waals surface area contributed by atoms with Crippen molar-refractivity contribution < 1.29 is 0 Å². The number of hydrogen-bond acceptors (Lipinski definition) is 2. The fourth-order valence-electron chi connectivity index (χ4n) is 3.24. The number of nitrogens with zero attached hydrogens (tertiary/aromatic N) is 1. The van der Waals surface area contributed by atoms with Crippen molar-refractivity contribution in [3.05, 3.63) is 64.2 Å². The molecule has 0 amide bonds. The molecule has 1 aliphatic heterocycles. The van der Waals surface area contributed by atoms with Crippen LogP contribution >= 0.6 is 0 Å². The highest BCUT2D eigenvalue weighted by Gasteiger charge is 2.17.